The largest absolute Gasteiger partial charge is 0.399 e. The van der Waals surface area contributed by atoms with Gasteiger partial charge in [-0.15, -0.1) is 0 Å². The van der Waals surface area contributed by atoms with Crippen LogP contribution in [0.4, 0.5) is 5.69 Å². The summed E-state index contributed by atoms with van der Waals surface area (Å²) in [6, 6.07) is 6.15. The molecule has 5 nitrogen and oxygen atoms in total. The number of nitrogens with zero attached hydrogens (tertiary/aromatic N) is 1. The third-order valence-electron chi connectivity index (χ3n) is 2.52. The number of benzene rings is 1. The van der Waals surface area contributed by atoms with Gasteiger partial charge in [-0.3, -0.25) is 0 Å². The summed E-state index contributed by atoms with van der Waals surface area (Å²) >= 11 is 0. The van der Waals surface area contributed by atoms with Gasteiger partial charge in [-0.25, -0.2) is 13.1 Å². The summed E-state index contributed by atoms with van der Waals surface area (Å²) in [5, 5.41) is 0. The molecule has 96 valence electrons. The summed E-state index contributed by atoms with van der Waals surface area (Å²) in [4.78, 5) is 2.27. The van der Waals surface area contributed by atoms with E-state index in [0.717, 1.165) is 6.54 Å². The van der Waals surface area contributed by atoms with Gasteiger partial charge < -0.3 is 10.6 Å². The molecule has 0 unspecified atom stereocenters. The summed E-state index contributed by atoms with van der Waals surface area (Å²) in [6.45, 7) is 4.00. The molecule has 0 fully saturated rings. The Morgan fingerprint density at radius 1 is 1.29 bits per heavy atom. The van der Waals surface area contributed by atoms with Crippen LogP contribution in [0.3, 0.4) is 0 Å². The van der Waals surface area contributed by atoms with E-state index in [1.54, 1.807) is 12.1 Å². The lowest BCUT2D eigenvalue weighted by Crippen LogP contribution is -2.32. The fraction of sp³-hybridized carbons (Fsp3) is 0.455. The molecule has 0 atom stereocenters. The Bertz CT molecular complexity index is 442. The maximum atomic E-state index is 11.8. The Hall–Kier alpha value is -1.11. The lowest BCUT2D eigenvalue weighted by molar-refractivity contribution is 0.358. The van der Waals surface area contributed by atoms with Gasteiger partial charge in [0.15, 0.2) is 0 Å². The van der Waals surface area contributed by atoms with Crippen LogP contribution in [0.2, 0.25) is 0 Å². The first-order valence-electron chi connectivity index (χ1n) is 5.49. The molecule has 0 saturated heterocycles. The van der Waals surface area contributed by atoms with Gasteiger partial charge in [-0.05, 0) is 37.9 Å². The number of hydrogen-bond acceptors (Lipinski definition) is 4. The number of likely N-dealkylation sites (N-methyl/N-ethyl adjacent to an activating group) is 1. The molecule has 0 aromatic heterocycles. The van der Waals surface area contributed by atoms with Gasteiger partial charge in [0.1, 0.15) is 0 Å². The molecule has 17 heavy (non-hydrogen) atoms. The van der Waals surface area contributed by atoms with Crippen LogP contribution in [-0.4, -0.2) is 40.0 Å². The predicted octanol–water partition coefficient (Wildman–Crippen LogP) is 0.499. The van der Waals surface area contributed by atoms with Crippen LogP contribution in [0, 0.1) is 0 Å². The van der Waals surface area contributed by atoms with Crippen molar-refractivity contribution in [3.63, 3.8) is 0 Å². The second kappa shape index (κ2) is 6.00. The van der Waals surface area contributed by atoms with Crippen LogP contribution in [0.15, 0.2) is 29.2 Å². The van der Waals surface area contributed by atoms with Gasteiger partial charge in [0.2, 0.25) is 10.0 Å². The number of nitrogens with one attached hydrogen (secondary N) is 1. The molecule has 0 radical (unpaired) electrons. The van der Waals surface area contributed by atoms with Crippen LogP contribution in [0.1, 0.15) is 6.92 Å². The average molecular weight is 257 g/mol. The van der Waals surface area contributed by atoms with Gasteiger partial charge >= 0.3 is 0 Å². The van der Waals surface area contributed by atoms with E-state index in [9.17, 15) is 8.42 Å². The summed E-state index contributed by atoms with van der Waals surface area (Å²) in [7, 11) is -1.47. The highest BCUT2D eigenvalue weighted by molar-refractivity contribution is 7.89. The molecule has 0 bridgehead atoms. The van der Waals surface area contributed by atoms with Gasteiger partial charge in [-0.2, -0.15) is 0 Å². The second-order valence-electron chi connectivity index (χ2n) is 3.86. The highest BCUT2D eigenvalue weighted by atomic mass is 32.2. The molecule has 0 saturated carbocycles. The normalized spacial score (nSPS) is 11.9. The molecule has 0 heterocycles. The molecule has 6 heteroatoms. The first-order valence-corrected chi connectivity index (χ1v) is 6.98. The first kappa shape index (κ1) is 14.0. The van der Waals surface area contributed by atoms with Crippen molar-refractivity contribution in [1.29, 1.82) is 0 Å². The Kier molecular flexibility index (Phi) is 4.92. The Labute approximate surface area is 103 Å². The highest BCUT2D eigenvalue weighted by Crippen LogP contribution is 2.10. The zero-order valence-corrected chi connectivity index (χ0v) is 11.0. The van der Waals surface area contributed by atoms with Crippen molar-refractivity contribution in [2.24, 2.45) is 0 Å². The molecular weight excluding hydrogens is 238 g/mol. The molecule has 3 N–H and O–H groups in total. The summed E-state index contributed by atoms with van der Waals surface area (Å²) in [5.41, 5.74) is 6.06. The van der Waals surface area contributed by atoms with Crippen LogP contribution >= 0.6 is 0 Å². The molecule has 0 spiro atoms. The van der Waals surface area contributed by atoms with E-state index >= 15 is 0 Å². The lowest BCUT2D eigenvalue weighted by Gasteiger charge is -2.14. The topological polar surface area (TPSA) is 75.4 Å². The lowest BCUT2D eigenvalue weighted by atomic mass is 10.3. The molecule has 1 aromatic carbocycles. The minimum absolute atomic E-state index is 0.242. The van der Waals surface area contributed by atoms with Crippen LogP contribution in [0.5, 0.6) is 0 Å². The van der Waals surface area contributed by atoms with Gasteiger partial charge in [0, 0.05) is 18.8 Å². The zero-order valence-electron chi connectivity index (χ0n) is 10.2. The maximum absolute atomic E-state index is 11.8. The smallest absolute Gasteiger partial charge is 0.240 e. The van der Waals surface area contributed by atoms with Crippen molar-refractivity contribution >= 4 is 15.7 Å². The van der Waals surface area contributed by atoms with Crippen molar-refractivity contribution < 1.29 is 8.42 Å². The standard InChI is InChI=1S/C11H19N3O2S/c1-3-14(2)9-8-13-17(15,16)11-6-4-10(12)5-7-11/h4-7,13H,3,8-9,12H2,1-2H3. The predicted molar refractivity (Wildman–Crippen MR) is 69.2 cm³/mol. The van der Waals surface area contributed by atoms with Gasteiger partial charge in [0.05, 0.1) is 4.90 Å². The Balaban J connectivity index is 2.60. The van der Waals surface area contributed by atoms with Crippen LogP contribution in [-0.2, 0) is 10.0 Å². The first-order chi connectivity index (χ1) is 7.95. The Morgan fingerprint density at radius 2 is 1.88 bits per heavy atom. The number of rotatable bonds is 6. The van der Waals surface area contributed by atoms with E-state index in [0.29, 0.717) is 18.8 Å². The third-order valence-corrected chi connectivity index (χ3v) is 3.99. The molecule has 1 aromatic rings. The molecule has 0 aliphatic rings. The molecular formula is C11H19N3O2S. The van der Waals surface area contributed by atoms with Crippen LogP contribution < -0.4 is 10.5 Å². The molecule has 0 amide bonds. The van der Waals surface area contributed by atoms with Crippen molar-refractivity contribution in [3.05, 3.63) is 24.3 Å². The maximum Gasteiger partial charge on any atom is 0.240 e. The fourth-order valence-corrected chi connectivity index (χ4v) is 2.28. The third kappa shape index (κ3) is 4.33. The molecule has 1 rings (SSSR count). The van der Waals surface area contributed by atoms with E-state index in [4.69, 9.17) is 5.73 Å². The van der Waals surface area contributed by atoms with E-state index in [-0.39, 0.29) is 4.90 Å². The molecule has 0 aliphatic heterocycles. The minimum Gasteiger partial charge on any atom is -0.399 e. The van der Waals surface area contributed by atoms with Crippen molar-refractivity contribution in [2.75, 3.05) is 32.4 Å². The van der Waals surface area contributed by atoms with Gasteiger partial charge in [-0.1, -0.05) is 6.92 Å². The summed E-state index contributed by atoms with van der Waals surface area (Å²) < 4.78 is 26.2. The van der Waals surface area contributed by atoms with E-state index in [1.807, 2.05) is 18.9 Å². The van der Waals surface area contributed by atoms with Crippen LogP contribution in [0.25, 0.3) is 0 Å². The quantitative estimate of drug-likeness (QED) is 0.728. The summed E-state index contributed by atoms with van der Waals surface area (Å²) in [6.07, 6.45) is 0. The van der Waals surface area contributed by atoms with E-state index in [1.165, 1.54) is 12.1 Å². The van der Waals surface area contributed by atoms with Gasteiger partial charge in [0.25, 0.3) is 0 Å². The Morgan fingerprint density at radius 3 is 2.41 bits per heavy atom. The number of sulfonamides is 1. The minimum atomic E-state index is -3.41. The number of nitrogen functional groups attached to an aromatic ring is 1. The SMILES string of the molecule is CCN(C)CCNS(=O)(=O)c1ccc(N)cc1. The molecule has 0 aliphatic carbocycles. The number of anilines is 1. The van der Waals surface area contributed by atoms with Crippen molar-refractivity contribution in [3.8, 4) is 0 Å². The number of nitrogens with two attached hydrogens (primary N) is 1. The fourth-order valence-electron chi connectivity index (χ4n) is 1.26. The van der Waals surface area contributed by atoms with Crippen molar-refractivity contribution in [1.82, 2.24) is 9.62 Å². The second-order valence-corrected chi connectivity index (χ2v) is 5.63. The zero-order chi connectivity index (χ0) is 12.9. The van der Waals surface area contributed by atoms with E-state index in [2.05, 4.69) is 4.72 Å². The monoisotopic (exact) mass is 257 g/mol. The van der Waals surface area contributed by atoms with Crippen molar-refractivity contribution in [2.45, 2.75) is 11.8 Å². The highest BCUT2D eigenvalue weighted by Gasteiger charge is 2.12. The number of hydrogen-bond donors (Lipinski definition) is 2. The van der Waals surface area contributed by atoms with E-state index < -0.39 is 10.0 Å². The average Bonchev–Trinajstić information content (AvgIpc) is 2.29. The summed E-state index contributed by atoms with van der Waals surface area (Å²) in [5.74, 6) is 0.